The summed E-state index contributed by atoms with van der Waals surface area (Å²) in [6, 6.07) is 21.3. The third kappa shape index (κ3) is 4.10. The van der Waals surface area contributed by atoms with Crippen LogP contribution in [0.1, 0.15) is 36.3 Å². The predicted octanol–water partition coefficient (Wildman–Crippen LogP) is 3.67. The molecule has 22 heavy (non-hydrogen) atoms. The van der Waals surface area contributed by atoms with Crippen molar-refractivity contribution in [3.63, 3.8) is 0 Å². The molecule has 0 unspecified atom stereocenters. The van der Waals surface area contributed by atoms with Gasteiger partial charge in [0.15, 0.2) is 0 Å². The molecule has 3 heteroatoms. The third-order valence-electron chi connectivity index (χ3n) is 4.04. The first kappa shape index (κ1) is 14.6. The number of rotatable bonds is 6. The van der Waals surface area contributed by atoms with Crippen LogP contribution in [0.25, 0.3) is 0 Å². The van der Waals surface area contributed by atoms with Crippen LogP contribution >= 0.6 is 0 Å². The number of carbonyl (C=O) groups excluding carboxylic acids is 1. The summed E-state index contributed by atoms with van der Waals surface area (Å²) in [7, 11) is 0. The molecule has 1 fully saturated rings. The molecule has 0 aliphatic heterocycles. The maximum absolute atomic E-state index is 11.7. The summed E-state index contributed by atoms with van der Waals surface area (Å²) >= 11 is 0. The standard InChI is InChI=1S/C19H22N2O/c22-19(21-17-11-12-17)20-14-13-18(15-7-3-1-4-8-15)16-9-5-2-6-10-16/h1-10,17-18H,11-14H2,(H2,20,21,22). The number of urea groups is 1. The number of carbonyl (C=O) groups is 1. The topological polar surface area (TPSA) is 41.1 Å². The Labute approximate surface area is 131 Å². The number of hydrogen-bond donors (Lipinski definition) is 2. The molecule has 114 valence electrons. The molecule has 2 aromatic carbocycles. The van der Waals surface area contributed by atoms with Crippen LogP contribution in [0.15, 0.2) is 60.7 Å². The molecule has 2 N–H and O–H groups in total. The predicted molar refractivity (Wildman–Crippen MR) is 88.9 cm³/mol. The zero-order chi connectivity index (χ0) is 15.2. The zero-order valence-electron chi connectivity index (χ0n) is 12.7. The van der Waals surface area contributed by atoms with Crippen molar-refractivity contribution in [2.45, 2.75) is 31.2 Å². The van der Waals surface area contributed by atoms with Crippen molar-refractivity contribution in [2.24, 2.45) is 0 Å². The van der Waals surface area contributed by atoms with Gasteiger partial charge in [-0.15, -0.1) is 0 Å². The van der Waals surface area contributed by atoms with E-state index >= 15 is 0 Å². The number of nitrogens with one attached hydrogen (secondary N) is 2. The van der Waals surface area contributed by atoms with Gasteiger partial charge in [0.1, 0.15) is 0 Å². The van der Waals surface area contributed by atoms with E-state index in [1.807, 2.05) is 12.1 Å². The first-order valence-corrected chi connectivity index (χ1v) is 7.97. The molecular formula is C19H22N2O. The third-order valence-corrected chi connectivity index (χ3v) is 4.04. The summed E-state index contributed by atoms with van der Waals surface area (Å²) < 4.78 is 0. The highest BCUT2D eigenvalue weighted by atomic mass is 16.2. The molecule has 1 aliphatic rings. The van der Waals surface area contributed by atoms with Crippen LogP contribution < -0.4 is 10.6 Å². The second-order valence-corrected chi connectivity index (χ2v) is 5.84. The van der Waals surface area contributed by atoms with Crippen molar-refractivity contribution in [1.29, 1.82) is 0 Å². The van der Waals surface area contributed by atoms with E-state index in [0.717, 1.165) is 19.3 Å². The lowest BCUT2D eigenvalue weighted by molar-refractivity contribution is 0.240. The molecule has 0 atom stereocenters. The summed E-state index contributed by atoms with van der Waals surface area (Å²) in [5, 5.41) is 5.93. The highest BCUT2D eigenvalue weighted by molar-refractivity contribution is 5.74. The molecule has 0 aromatic heterocycles. The summed E-state index contributed by atoms with van der Waals surface area (Å²) in [6.45, 7) is 0.674. The van der Waals surface area contributed by atoms with E-state index in [0.29, 0.717) is 18.5 Å². The van der Waals surface area contributed by atoms with Gasteiger partial charge in [-0.2, -0.15) is 0 Å². The summed E-state index contributed by atoms with van der Waals surface area (Å²) in [4.78, 5) is 11.7. The summed E-state index contributed by atoms with van der Waals surface area (Å²) in [5.74, 6) is 0.309. The largest absolute Gasteiger partial charge is 0.338 e. The van der Waals surface area contributed by atoms with E-state index in [2.05, 4.69) is 59.2 Å². The fourth-order valence-corrected chi connectivity index (χ4v) is 2.69. The first-order chi connectivity index (χ1) is 10.8. The number of amides is 2. The van der Waals surface area contributed by atoms with Gasteiger partial charge in [-0.05, 0) is 30.4 Å². The van der Waals surface area contributed by atoms with Crippen molar-refractivity contribution in [3.05, 3.63) is 71.8 Å². The summed E-state index contributed by atoms with van der Waals surface area (Å²) in [6.07, 6.45) is 3.13. The highest BCUT2D eigenvalue weighted by Crippen LogP contribution is 2.27. The Kier molecular flexibility index (Phi) is 4.74. The van der Waals surface area contributed by atoms with Crippen molar-refractivity contribution in [2.75, 3.05) is 6.54 Å². The van der Waals surface area contributed by atoms with Crippen LogP contribution in [0.4, 0.5) is 4.79 Å². The Morgan fingerprint density at radius 3 is 2.00 bits per heavy atom. The average Bonchev–Trinajstić information content (AvgIpc) is 3.37. The highest BCUT2D eigenvalue weighted by Gasteiger charge is 2.23. The number of hydrogen-bond acceptors (Lipinski definition) is 1. The lowest BCUT2D eigenvalue weighted by Gasteiger charge is -2.18. The van der Waals surface area contributed by atoms with Gasteiger partial charge < -0.3 is 10.6 Å². The minimum atomic E-state index is -0.0395. The molecule has 0 spiro atoms. The minimum absolute atomic E-state index is 0.0395. The molecular weight excluding hydrogens is 272 g/mol. The maximum Gasteiger partial charge on any atom is 0.315 e. The van der Waals surface area contributed by atoms with Gasteiger partial charge in [-0.25, -0.2) is 4.79 Å². The average molecular weight is 294 g/mol. The lowest BCUT2D eigenvalue weighted by atomic mass is 9.88. The lowest BCUT2D eigenvalue weighted by Crippen LogP contribution is -2.37. The van der Waals surface area contributed by atoms with E-state index in [1.165, 1.54) is 11.1 Å². The Balaban J connectivity index is 1.62. The zero-order valence-corrected chi connectivity index (χ0v) is 12.7. The van der Waals surface area contributed by atoms with E-state index < -0.39 is 0 Å². The van der Waals surface area contributed by atoms with Crippen LogP contribution in [0.3, 0.4) is 0 Å². The van der Waals surface area contributed by atoms with E-state index in [1.54, 1.807) is 0 Å². The molecule has 0 bridgehead atoms. The van der Waals surface area contributed by atoms with E-state index in [9.17, 15) is 4.79 Å². The van der Waals surface area contributed by atoms with E-state index in [4.69, 9.17) is 0 Å². The van der Waals surface area contributed by atoms with Crippen molar-refractivity contribution >= 4 is 6.03 Å². The Morgan fingerprint density at radius 2 is 1.50 bits per heavy atom. The van der Waals surface area contributed by atoms with Crippen molar-refractivity contribution in [1.82, 2.24) is 10.6 Å². The number of benzene rings is 2. The smallest absolute Gasteiger partial charge is 0.315 e. The van der Waals surface area contributed by atoms with Gasteiger partial charge in [0.25, 0.3) is 0 Å². The van der Waals surface area contributed by atoms with E-state index in [-0.39, 0.29) is 6.03 Å². The Morgan fingerprint density at radius 1 is 0.955 bits per heavy atom. The Bertz CT molecular complexity index is 554. The molecule has 3 rings (SSSR count). The van der Waals surface area contributed by atoms with Crippen LogP contribution in [0, 0.1) is 0 Å². The fourth-order valence-electron chi connectivity index (χ4n) is 2.69. The minimum Gasteiger partial charge on any atom is -0.338 e. The van der Waals surface area contributed by atoms with Crippen molar-refractivity contribution in [3.8, 4) is 0 Å². The molecule has 2 aromatic rings. The van der Waals surface area contributed by atoms with Crippen LogP contribution in [-0.2, 0) is 0 Å². The van der Waals surface area contributed by atoms with Gasteiger partial charge in [0.2, 0.25) is 0 Å². The Hall–Kier alpha value is -2.29. The monoisotopic (exact) mass is 294 g/mol. The molecule has 3 nitrogen and oxygen atoms in total. The molecule has 0 heterocycles. The normalized spacial score (nSPS) is 13.9. The molecule has 1 saturated carbocycles. The van der Waals surface area contributed by atoms with Crippen LogP contribution in [0.2, 0.25) is 0 Å². The van der Waals surface area contributed by atoms with Crippen LogP contribution in [0.5, 0.6) is 0 Å². The van der Waals surface area contributed by atoms with Gasteiger partial charge >= 0.3 is 6.03 Å². The molecule has 1 aliphatic carbocycles. The first-order valence-electron chi connectivity index (χ1n) is 7.97. The fraction of sp³-hybridized carbons (Fsp3) is 0.316. The SMILES string of the molecule is O=C(NCCC(c1ccccc1)c1ccccc1)NC1CC1. The van der Waals surface area contributed by atoms with Gasteiger partial charge in [-0.1, -0.05) is 60.7 Å². The van der Waals surface area contributed by atoms with Gasteiger partial charge in [-0.3, -0.25) is 0 Å². The molecule has 0 saturated heterocycles. The van der Waals surface area contributed by atoms with Crippen LogP contribution in [-0.4, -0.2) is 18.6 Å². The maximum atomic E-state index is 11.7. The second kappa shape index (κ2) is 7.12. The molecule has 0 radical (unpaired) electrons. The quantitative estimate of drug-likeness (QED) is 0.838. The van der Waals surface area contributed by atoms with Gasteiger partial charge in [0, 0.05) is 18.5 Å². The van der Waals surface area contributed by atoms with Gasteiger partial charge in [0.05, 0.1) is 0 Å². The molecule has 2 amide bonds. The second-order valence-electron chi connectivity index (χ2n) is 5.84. The van der Waals surface area contributed by atoms with Crippen molar-refractivity contribution < 1.29 is 4.79 Å². The summed E-state index contributed by atoms with van der Waals surface area (Å²) in [5.41, 5.74) is 2.58.